The fraction of sp³-hybridized carbons (Fsp3) is 0.294. The molecule has 0 saturated heterocycles. The average Bonchev–Trinajstić information content (AvgIpc) is 2.81. The first kappa shape index (κ1) is 15.7. The van der Waals surface area contributed by atoms with E-state index in [1.54, 1.807) is 10.6 Å². The van der Waals surface area contributed by atoms with Gasteiger partial charge in [-0.15, -0.1) is 0 Å². The number of nitrogens with zero attached hydrogens (tertiary/aromatic N) is 3. The quantitative estimate of drug-likeness (QED) is 0.774. The van der Waals surface area contributed by atoms with E-state index in [2.05, 4.69) is 22.3 Å². The van der Waals surface area contributed by atoms with Crippen molar-refractivity contribution in [2.24, 2.45) is 0 Å². The number of anilines is 1. The number of aromatic nitrogens is 3. The van der Waals surface area contributed by atoms with E-state index < -0.39 is 0 Å². The van der Waals surface area contributed by atoms with Gasteiger partial charge in [0.25, 0.3) is 0 Å². The van der Waals surface area contributed by atoms with E-state index in [0.717, 1.165) is 40.4 Å². The van der Waals surface area contributed by atoms with Crippen molar-refractivity contribution in [3.8, 4) is 0 Å². The molecule has 0 aliphatic carbocycles. The van der Waals surface area contributed by atoms with Crippen LogP contribution < -0.4 is 5.32 Å². The molecule has 3 aromatic rings. The van der Waals surface area contributed by atoms with Gasteiger partial charge in [0, 0.05) is 28.9 Å². The molecule has 1 N–H and O–H groups in total. The SMILES string of the molecule is CCc1cc(NCc2ccc(F)cc2Cl)n2nc(C)c(C)c2n1. The summed E-state index contributed by atoms with van der Waals surface area (Å²) in [5.74, 6) is 0.514. The molecule has 0 amide bonds. The Kier molecular flexibility index (Phi) is 4.22. The zero-order chi connectivity index (χ0) is 16.6. The van der Waals surface area contributed by atoms with Gasteiger partial charge in [-0.25, -0.2) is 9.37 Å². The Morgan fingerprint density at radius 1 is 1.26 bits per heavy atom. The van der Waals surface area contributed by atoms with Crippen molar-refractivity contribution in [2.75, 3.05) is 5.32 Å². The molecule has 120 valence electrons. The van der Waals surface area contributed by atoms with Crippen LogP contribution in [0.25, 0.3) is 5.65 Å². The summed E-state index contributed by atoms with van der Waals surface area (Å²) in [7, 11) is 0. The number of fused-ring (bicyclic) bond motifs is 1. The maximum Gasteiger partial charge on any atom is 0.160 e. The fourth-order valence-electron chi connectivity index (χ4n) is 2.44. The number of hydrogen-bond acceptors (Lipinski definition) is 3. The molecule has 0 aliphatic heterocycles. The van der Waals surface area contributed by atoms with E-state index in [9.17, 15) is 4.39 Å². The van der Waals surface area contributed by atoms with Crippen LogP contribution in [0, 0.1) is 19.7 Å². The second-order valence-corrected chi connectivity index (χ2v) is 5.93. The number of aryl methyl sites for hydroxylation is 3. The van der Waals surface area contributed by atoms with Crippen LogP contribution in [-0.2, 0) is 13.0 Å². The van der Waals surface area contributed by atoms with Gasteiger partial charge in [-0.2, -0.15) is 9.61 Å². The molecule has 6 heteroatoms. The van der Waals surface area contributed by atoms with Crippen molar-refractivity contribution in [1.29, 1.82) is 0 Å². The van der Waals surface area contributed by atoms with Crippen molar-refractivity contribution in [3.63, 3.8) is 0 Å². The Hall–Kier alpha value is -2.14. The highest BCUT2D eigenvalue weighted by Gasteiger charge is 2.12. The second kappa shape index (κ2) is 6.16. The summed E-state index contributed by atoms with van der Waals surface area (Å²) >= 11 is 6.09. The van der Waals surface area contributed by atoms with Crippen LogP contribution in [-0.4, -0.2) is 14.6 Å². The zero-order valence-electron chi connectivity index (χ0n) is 13.3. The first-order valence-electron chi connectivity index (χ1n) is 7.53. The lowest BCUT2D eigenvalue weighted by Crippen LogP contribution is -2.08. The Bertz CT molecular complexity index is 873. The third kappa shape index (κ3) is 3.01. The van der Waals surface area contributed by atoms with E-state index in [1.165, 1.54) is 12.1 Å². The minimum Gasteiger partial charge on any atom is -0.366 e. The Labute approximate surface area is 139 Å². The number of hydrogen-bond donors (Lipinski definition) is 1. The number of nitrogens with one attached hydrogen (secondary N) is 1. The van der Waals surface area contributed by atoms with Crippen LogP contribution in [0.5, 0.6) is 0 Å². The molecule has 0 atom stereocenters. The summed E-state index contributed by atoms with van der Waals surface area (Å²) in [6.07, 6.45) is 0.839. The molecule has 0 saturated carbocycles. The average molecular weight is 333 g/mol. The first-order chi connectivity index (χ1) is 11.0. The van der Waals surface area contributed by atoms with E-state index in [0.29, 0.717) is 11.6 Å². The lowest BCUT2D eigenvalue weighted by Gasteiger charge is -2.11. The summed E-state index contributed by atoms with van der Waals surface area (Å²) in [6, 6.07) is 6.39. The van der Waals surface area contributed by atoms with Crippen molar-refractivity contribution >= 4 is 23.1 Å². The molecule has 0 fully saturated rings. The molecule has 0 bridgehead atoms. The smallest absolute Gasteiger partial charge is 0.160 e. The molecule has 23 heavy (non-hydrogen) atoms. The van der Waals surface area contributed by atoms with Crippen LogP contribution in [0.15, 0.2) is 24.3 Å². The molecule has 2 heterocycles. The summed E-state index contributed by atoms with van der Waals surface area (Å²) < 4.78 is 14.9. The first-order valence-corrected chi connectivity index (χ1v) is 7.91. The standard InChI is InChI=1S/C17H18ClFN4/c1-4-14-8-16(23-17(21-14)10(2)11(3)22-23)20-9-12-5-6-13(19)7-15(12)18/h5-8,20H,4,9H2,1-3H3. The monoisotopic (exact) mass is 332 g/mol. The molecule has 0 unspecified atom stereocenters. The lowest BCUT2D eigenvalue weighted by atomic mass is 10.2. The molecule has 1 aromatic carbocycles. The van der Waals surface area contributed by atoms with Gasteiger partial charge >= 0.3 is 0 Å². The highest BCUT2D eigenvalue weighted by molar-refractivity contribution is 6.31. The van der Waals surface area contributed by atoms with Crippen molar-refractivity contribution in [3.05, 3.63) is 57.6 Å². The normalized spacial score (nSPS) is 11.2. The molecule has 4 nitrogen and oxygen atoms in total. The summed E-state index contributed by atoms with van der Waals surface area (Å²) in [6.45, 7) is 6.54. The highest BCUT2D eigenvalue weighted by Crippen LogP contribution is 2.21. The van der Waals surface area contributed by atoms with Gasteiger partial charge < -0.3 is 5.32 Å². The minimum atomic E-state index is -0.336. The van der Waals surface area contributed by atoms with Gasteiger partial charge in [0.05, 0.1) is 5.69 Å². The molecular weight excluding hydrogens is 315 g/mol. The fourth-order valence-corrected chi connectivity index (χ4v) is 2.67. The van der Waals surface area contributed by atoms with E-state index in [1.807, 2.05) is 19.9 Å². The van der Waals surface area contributed by atoms with Gasteiger partial charge in [0.1, 0.15) is 11.6 Å². The summed E-state index contributed by atoms with van der Waals surface area (Å²) in [5, 5.41) is 8.28. The molecule has 2 aromatic heterocycles. The van der Waals surface area contributed by atoms with Gasteiger partial charge in [-0.05, 0) is 38.0 Å². The third-order valence-corrected chi connectivity index (χ3v) is 4.30. The van der Waals surface area contributed by atoms with Crippen LogP contribution in [0.2, 0.25) is 5.02 Å². The molecule has 3 rings (SSSR count). The Balaban J connectivity index is 1.97. The largest absolute Gasteiger partial charge is 0.366 e. The van der Waals surface area contributed by atoms with Crippen molar-refractivity contribution < 1.29 is 4.39 Å². The summed E-state index contributed by atoms with van der Waals surface area (Å²) in [4.78, 5) is 4.64. The highest BCUT2D eigenvalue weighted by atomic mass is 35.5. The predicted molar refractivity (Wildman–Crippen MR) is 90.6 cm³/mol. The van der Waals surface area contributed by atoms with Gasteiger partial charge in [0.2, 0.25) is 0 Å². The molecule has 0 spiro atoms. The topological polar surface area (TPSA) is 42.2 Å². The van der Waals surface area contributed by atoms with E-state index in [-0.39, 0.29) is 5.82 Å². The Morgan fingerprint density at radius 2 is 2.04 bits per heavy atom. The van der Waals surface area contributed by atoms with Crippen LogP contribution >= 0.6 is 11.6 Å². The molecular formula is C17H18ClFN4. The lowest BCUT2D eigenvalue weighted by molar-refractivity contribution is 0.627. The number of halogens is 2. The third-order valence-electron chi connectivity index (χ3n) is 3.95. The van der Waals surface area contributed by atoms with E-state index >= 15 is 0 Å². The van der Waals surface area contributed by atoms with Crippen LogP contribution in [0.1, 0.15) is 29.4 Å². The Morgan fingerprint density at radius 3 is 2.74 bits per heavy atom. The van der Waals surface area contributed by atoms with Gasteiger partial charge in [-0.3, -0.25) is 0 Å². The number of benzene rings is 1. The maximum absolute atomic E-state index is 13.1. The second-order valence-electron chi connectivity index (χ2n) is 5.52. The van der Waals surface area contributed by atoms with Crippen molar-refractivity contribution in [2.45, 2.75) is 33.7 Å². The zero-order valence-corrected chi connectivity index (χ0v) is 14.1. The van der Waals surface area contributed by atoms with E-state index in [4.69, 9.17) is 11.6 Å². The number of rotatable bonds is 4. The molecule has 0 aliphatic rings. The van der Waals surface area contributed by atoms with Crippen LogP contribution in [0.4, 0.5) is 10.2 Å². The van der Waals surface area contributed by atoms with Crippen LogP contribution in [0.3, 0.4) is 0 Å². The van der Waals surface area contributed by atoms with Gasteiger partial charge in [-0.1, -0.05) is 24.6 Å². The predicted octanol–water partition coefficient (Wildman–Crippen LogP) is 4.31. The van der Waals surface area contributed by atoms with Crippen molar-refractivity contribution in [1.82, 2.24) is 14.6 Å². The minimum absolute atomic E-state index is 0.336. The summed E-state index contributed by atoms with van der Waals surface area (Å²) in [5.41, 5.74) is 4.70. The van der Waals surface area contributed by atoms with Gasteiger partial charge in [0.15, 0.2) is 5.65 Å². The maximum atomic E-state index is 13.1. The molecule has 0 radical (unpaired) electrons.